The van der Waals surface area contributed by atoms with Crippen molar-refractivity contribution < 1.29 is 4.42 Å². The Labute approximate surface area is 189 Å². The summed E-state index contributed by atoms with van der Waals surface area (Å²) in [6, 6.07) is 26.2. The molecular weight excluding hydrogens is 422 g/mol. The van der Waals surface area contributed by atoms with Crippen LogP contribution in [0.4, 0.5) is 0 Å². The topological polar surface area (TPSA) is 60.4 Å². The number of furan rings is 1. The molecule has 0 amide bonds. The third-order valence-corrected chi connectivity index (χ3v) is 5.58. The molecule has 0 N–H and O–H groups in total. The number of hydrogen-bond acceptors (Lipinski definition) is 4. The van der Waals surface area contributed by atoms with Crippen LogP contribution in [0.3, 0.4) is 0 Å². The predicted octanol–water partition coefficient (Wildman–Crippen LogP) is 6.17. The summed E-state index contributed by atoms with van der Waals surface area (Å²) in [7, 11) is 0. The Kier molecular flexibility index (Phi) is 5.17. The van der Waals surface area contributed by atoms with E-state index in [1.54, 1.807) is 12.1 Å². The van der Waals surface area contributed by atoms with Crippen molar-refractivity contribution in [3.63, 3.8) is 0 Å². The Morgan fingerprint density at radius 3 is 2.53 bits per heavy atom. The lowest BCUT2D eigenvalue weighted by atomic mass is 10.1. The van der Waals surface area contributed by atoms with Crippen molar-refractivity contribution in [1.82, 2.24) is 9.66 Å². The van der Waals surface area contributed by atoms with Gasteiger partial charge in [-0.15, -0.1) is 0 Å². The van der Waals surface area contributed by atoms with Crippen LogP contribution in [0.1, 0.15) is 11.3 Å². The molecule has 0 aliphatic carbocycles. The molecule has 0 aliphatic heterocycles. The second kappa shape index (κ2) is 8.29. The summed E-state index contributed by atoms with van der Waals surface area (Å²) < 4.78 is 7.22. The molecule has 5 rings (SSSR count). The van der Waals surface area contributed by atoms with E-state index in [-0.39, 0.29) is 5.56 Å². The molecule has 5 nitrogen and oxygen atoms in total. The summed E-state index contributed by atoms with van der Waals surface area (Å²) in [6.07, 6.45) is 1.52. The maximum atomic E-state index is 13.2. The minimum absolute atomic E-state index is 0.247. The Bertz CT molecular complexity index is 1520. The first-order valence-electron chi connectivity index (χ1n) is 10.1. The Morgan fingerprint density at radius 1 is 0.938 bits per heavy atom. The van der Waals surface area contributed by atoms with Crippen LogP contribution in [-0.4, -0.2) is 15.9 Å². The van der Waals surface area contributed by atoms with Crippen LogP contribution in [0.2, 0.25) is 5.02 Å². The fourth-order valence-corrected chi connectivity index (χ4v) is 3.62. The standard InChI is InChI=1S/C26H18ClN3O2/c1-17-11-12-19(15-22(17)27)24-14-13-20(32-24)16-28-30-25(18-7-3-2-4-8-18)29-23-10-6-5-9-21(23)26(30)31/h2-16H,1H3. The molecule has 0 fully saturated rings. The average Bonchev–Trinajstić information content (AvgIpc) is 3.30. The minimum Gasteiger partial charge on any atom is -0.455 e. The highest BCUT2D eigenvalue weighted by atomic mass is 35.5. The predicted molar refractivity (Wildman–Crippen MR) is 128 cm³/mol. The van der Waals surface area contributed by atoms with Gasteiger partial charge in [-0.3, -0.25) is 4.79 Å². The van der Waals surface area contributed by atoms with Gasteiger partial charge in [0.1, 0.15) is 11.5 Å². The molecule has 156 valence electrons. The molecule has 5 aromatic rings. The zero-order valence-corrected chi connectivity index (χ0v) is 18.0. The van der Waals surface area contributed by atoms with Crippen LogP contribution >= 0.6 is 11.6 Å². The van der Waals surface area contributed by atoms with E-state index in [0.717, 1.165) is 16.7 Å². The molecule has 0 bridgehead atoms. The SMILES string of the molecule is Cc1ccc(-c2ccc(C=Nn3c(-c4ccccc4)nc4ccccc4c3=O)o2)cc1Cl. The van der Waals surface area contributed by atoms with Crippen LogP contribution in [-0.2, 0) is 0 Å². The maximum absolute atomic E-state index is 13.2. The molecule has 6 heteroatoms. The van der Waals surface area contributed by atoms with Crippen LogP contribution < -0.4 is 5.56 Å². The van der Waals surface area contributed by atoms with E-state index < -0.39 is 0 Å². The van der Waals surface area contributed by atoms with E-state index in [1.165, 1.54) is 10.9 Å². The minimum atomic E-state index is -0.247. The van der Waals surface area contributed by atoms with Gasteiger partial charge in [0.2, 0.25) is 0 Å². The molecule has 0 spiro atoms. The first-order valence-corrected chi connectivity index (χ1v) is 10.5. The van der Waals surface area contributed by atoms with Crippen molar-refractivity contribution in [2.24, 2.45) is 5.10 Å². The third-order valence-electron chi connectivity index (χ3n) is 5.17. The first kappa shape index (κ1) is 20.0. The van der Waals surface area contributed by atoms with Gasteiger partial charge >= 0.3 is 0 Å². The lowest BCUT2D eigenvalue weighted by Gasteiger charge is -2.09. The van der Waals surface area contributed by atoms with Gasteiger partial charge in [-0.2, -0.15) is 9.78 Å². The average molecular weight is 440 g/mol. The van der Waals surface area contributed by atoms with Gasteiger partial charge in [0.05, 0.1) is 17.1 Å². The summed E-state index contributed by atoms with van der Waals surface area (Å²) in [4.78, 5) is 17.9. The molecule has 2 heterocycles. The van der Waals surface area contributed by atoms with E-state index >= 15 is 0 Å². The summed E-state index contributed by atoms with van der Waals surface area (Å²) in [5, 5.41) is 5.61. The van der Waals surface area contributed by atoms with E-state index in [9.17, 15) is 4.79 Å². The van der Waals surface area contributed by atoms with Crippen molar-refractivity contribution in [2.45, 2.75) is 6.92 Å². The second-order valence-electron chi connectivity index (χ2n) is 7.35. The van der Waals surface area contributed by atoms with Crippen molar-refractivity contribution in [2.75, 3.05) is 0 Å². The lowest BCUT2D eigenvalue weighted by Crippen LogP contribution is -2.20. The number of rotatable bonds is 4. The molecule has 2 aromatic heterocycles. The first-order chi connectivity index (χ1) is 15.6. The number of aryl methyl sites for hydroxylation is 1. The van der Waals surface area contributed by atoms with Crippen LogP contribution in [0.15, 0.2) is 99.2 Å². The smallest absolute Gasteiger partial charge is 0.282 e. The number of hydrogen-bond donors (Lipinski definition) is 0. The summed E-state index contributed by atoms with van der Waals surface area (Å²) in [5.41, 5.74) is 3.04. The van der Waals surface area contributed by atoms with Crippen LogP contribution in [0, 0.1) is 6.92 Å². The Balaban J connectivity index is 1.58. The van der Waals surface area contributed by atoms with E-state index in [2.05, 4.69) is 5.10 Å². The Hall–Kier alpha value is -3.96. The summed E-state index contributed by atoms with van der Waals surface area (Å²) >= 11 is 6.24. The summed E-state index contributed by atoms with van der Waals surface area (Å²) in [5.74, 6) is 1.64. The van der Waals surface area contributed by atoms with Crippen molar-refractivity contribution >= 4 is 28.7 Å². The van der Waals surface area contributed by atoms with Gasteiger partial charge in [0, 0.05) is 16.1 Å². The van der Waals surface area contributed by atoms with Crippen molar-refractivity contribution in [3.8, 4) is 22.7 Å². The molecule has 0 saturated heterocycles. The molecule has 32 heavy (non-hydrogen) atoms. The molecule has 0 unspecified atom stereocenters. The quantitative estimate of drug-likeness (QED) is 0.315. The normalized spacial score (nSPS) is 11.4. The highest BCUT2D eigenvalue weighted by molar-refractivity contribution is 6.31. The lowest BCUT2D eigenvalue weighted by molar-refractivity contribution is 0.574. The van der Waals surface area contributed by atoms with Gasteiger partial charge < -0.3 is 4.42 Å². The van der Waals surface area contributed by atoms with Gasteiger partial charge in [-0.1, -0.05) is 66.2 Å². The monoisotopic (exact) mass is 439 g/mol. The number of halogens is 1. The number of fused-ring (bicyclic) bond motifs is 1. The maximum Gasteiger partial charge on any atom is 0.282 e. The number of benzene rings is 3. The highest BCUT2D eigenvalue weighted by Gasteiger charge is 2.12. The number of para-hydroxylation sites is 1. The third kappa shape index (κ3) is 3.74. The molecule has 0 saturated carbocycles. The molecular formula is C26H18ClN3O2. The highest BCUT2D eigenvalue weighted by Crippen LogP contribution is 2.26. The largest absolute Gasteiger partial charge is 0.455 e. The second-order valence-corrected chi connectivity index (χ2v) is 7.75. The number of aromatic nitrogens is 2. The van der Waals surface area contributed by atoms with E-state index in [0.29, 0.717) is 33.3 Å². The molecule has 3 aromatic carbocycles. The fourth-order valence-electron chi connectivity index (χ4n) is 3.44. The molecule has 0 aliphatic rings. The van der Waals surface area contributed by atoms with Gasteiger partial charge in [-0.25, -0.2) is 4.98 Å². The number of nitrogens with zero attached hydrogens (tertiary/aromatic N) is 3. The van der Waals surface area contributed by atoms with Crippen molar-refractivity contribution in [1.29, 1.82) is 0 Å². The molecule has 0 atom stereocenters. The molecule has 0 radical (unpaired) electrons. The Morgan fingerprint density at radius 2 is 1.72 bits per heavy atom. The van der Waals surface area contributed by atoms with Crippen LogP contribution in [0.25, 0.3) is 33.6 Å². The van der Waals surface area contributed by atoms with Crippen LogP contribution in [0.5, 0.6) is 0 Å². The zero-order valence-electron chi connectivity index (χ0n) is 17.2. The van der Waals surface area contributed by atoms with E-state index in [1.807, 2.05) is 79.7 Å². The van der Waals surface area contributed by atoms with Crippen molar-refractivity contribution in [3.05, 3.63) is 112 Å². The fraction of sp³-hybridized carbons (Fsp3) is 0.0385. The zero-order chi connectivity index (χ0) is 22.1. The van der Waals surface area contributed by atoms with E-state index in [4.69, 9.17) is 21.0 Å². The van der Waals surface area contributed by atoms with Gasteiger partial charge in [0.15, 0.2) is 5.82 Å². The van der Waals surface area contributed by atoms with Gasteiger partial charge in [-0.05, 0) is 42.8 Å². The van der Waals surface area contributed by atoms with Gasteiger partial charge in [0.25, 0.3) is 5.56 Å². The summed E-state index contributed by atoms with van der Waals surface area (Å²) in [6.45, 7) is 1.95.